The molecule has 1 aromatic carbocycles. The van der Waals surface area contributed by atoms with E-state index in [0.29, 0.717) is 17.9 Å². The minimum absolute atomic E-state index is 0.502. The molecule has 1 aromatic heterocycles. The quantitative estimate of drug-likeness (QED) is 0.891. The van der Waals surface area contributed by atoms with Crippen LogP contribution in [0.4, 0.5) is 0 Å². The maximum atomic E-state index is 9.65. The summed E-state index contributed by atoms with van der Waals surface area (Å²) in [7, 11) is 0. The second-order valence-corrected chi connectivity index (χ2v) is 4.21. The number of benzene rings is 1. The Morgan fingerprint density at radius 2 is 2.00 bits per heavy atom. The van der Waals surface area contributed by atoms with Gasteiger partial charge in [-0.15, -0.1) is 0 Å². The fraction of sp³-hybridized carbons (Fsp3) is 0.267. The van der Waals surface area contributed by atoms with Crippen LogP contribution in [0.2, 0.25) is 0 Å². The van der Waals surface area contributed by atoms with Gasteiger partial charge in [-0.1, -0.05) is 25.1 Å². The average molecular weight is 243 g/mol. The van der Waals surface area contributed by atoms with Crippen LogP contribution in [0.25, 0.3) is 0 Å². The highest BCUT2D eigenvalue weighted by Crippen LogP contribution is 2.25. The van der Waals surface area contributed by atoms with E-state index in [1.807, 2.05) is 44.2 Å². The Hall–Kier alpha value is -1.87. The van der Waals surface area contributed by atoms with E-state index in [0.717, 1.165) is 11.3 Å². The molecule has 1 heterocycles. The van der Waals surface area contributed by atoms with Gasteiger partial charge in [0.05, 0.1) is 18.0 Å². The first-order valence-corrected chi connectivity index (χ1v) is 6.08. The smallest absolute Gasteiger partial charge is 0.145 e. The third-order valence-corrected chi connectivity index (χ3v) is 2.81. The predicted molar refractivity (Wildman–Crippen MR) is 70.7 cm³/mol. The number of nitrogens with zero attached hydrogens (tertiary/aromatic N) is 1. The normalized spacial score (nSPS) is 12.2. The zero-order chi connectivity index (χ0) is 13.0. The number of pyridine rings is 1. The van der Waals surface area contributed by atoms with E-state index in [1.165, 1.54) is 0 Å². The van der Waals surface area contributed by atoms with E-state index in [1.54, 1.807) is 12.3 Å². The zero-order valence-electron chi connectivity index (χ0n) is 10.6. The number of aryl methyl sites for hydroxylation is 1. The molecule has 0 bridgehead atoms. The summed E-state index contributed by atoms with van der Waals surface area (Å²) in [6.45, 7) is 3.92. The molecule has 94 valence electrons. The maximum absolute atomic E-state index is 9.65. The van der Waals surface area contributed by atoms with Gasteiger partial charge in [0.15, 0.2) is 0 Å². The Morgan fingerprint density at radius 1 is 1.22 bits per heavy atom. The number of aliphatic hydroxyl groups excluding tert-OH is 1. The van der Waals surface area contributed by atoms with Crippen LogP contribution >= 0.6 is 0 Å². The fourth-order valence-corrected chi connectivity index (χ4v) is 1.66. The molecule has 2 aromatic rings. The molecular formula is C15H17NO2. The molecule has 18 heavy (non-hydrogen) atoms. The van der Waals surface area contributed by atoms with Crippen LogP contribution in [0.3, 0.4) is 0 Å². The van der Waals surface area contributed by atoms with E-state index < -0.39 is 6.10 Å². The van der Waals surface area contributed by atoms with Crippen LogP contribution in [0.1, 0.15) is 30.7 Å². The molecular weight excluding hydrogens is 226 g/mol. The van der Waals surface area contributed by atoms with Crippen molar-refractivity contribution in [3.8, 4) is 11.5 Å². The van der Waals surface area contributed by atoms with Crippen LogP contribution in [0.15, 0.2) is 42.6 Å². The van der Waals surface area contributed by atoms with Gasteiger partial charge in [0.25, 0.3) is 0 Å². The third-order valence-electron chi connectivity index (χ3n) is 2.81. The van der Waals surface area contributed by atoms with Gasteiger partial charge in [-0.25, -0.2) is 0 Å². The Kier molecular flexibility index (Phi) is 3.95. The van der Waals surface area contributed by atoms with Crippen LogP contribution in [-0.2, 0) is 0 Å². The van der Waals surface area contributed by atoms with Crippen molar-refractivity contribution in [1.82, 2.24) is 4.98 Å². The number of ether oxygens (including phenoxy) is 1. The van der Waals surface area contributed by atoms with Crippen molar-refractivity contribution in [2.75, 3.05) is 0 Å². The van der Waals surface area contributed by atoms with Gasteiger partial charge in [-0.05, 0) is 37.1 Å². The monoisotopic (exact) mass is 243 g/mol. The molecule has 0 aliphatic carbocycles. The summed E-state index contributed by atoms with van der Waals surface area (Å²) in [6, 6.07) is 11.4. The van der Waals surface area contributed by atoms with Crippen molar-refractivity contribution in [3.05, 3.63) is 53.9 Å². The van der Waals surface area contributed by atoms with Gasteiger partial charge >= 0.3 is 0 Å². The first kappa shape index (κ1) is 12.6. The summed E-state index contributed by atoms with van der Waals surface area (Å²) < 4.78 is 5.73. The molecule has 3 heteroatoms. The topological polar surface area (TPSA) is 42.4 Å². The zero-order valence-corrected chi connectivity index (χ0v) is 10.6. The van der Waals surface area contributed by atoms with Crippen LogP contribution in [0.5, 0.6) is 11.5 Å². The lowest BCUT2D eigenvalue weighted by atomic mass is 10.2. The molecule has 1 N–H and O–H groups in total. The highest BCUT2D eigenvalue weighted by Gasteiger charge is 2.06. The summed E-state index contributed by atoms with van der Waals surface area (Å²) >= 11 is 0. The number of aliphatic hydroxyl groups is 1. The number of hydrogen-bond donors (Lipinski definition) is 1. The van der Waals surface area contributed by atoms with Crippen molar-refractivity contribution < 1.29 is 9.84 Å². The Morgan fingerprint density at radius 3 is 2.61 bits per heavy atom. The minimum Gasteiger partial charge on any atom is -0.455 e. The molecule has 2 rings (SSSR count). The molecule has 0 unspecified atom stereocenters. The van der Waals surface area contributed by atoms with Gasteiger partial charge in [0.2, 0.25) is 0 Å². The molecule has 0 saturated carbocycles. The Labute approximate surface area is 107 Å². The van der Waals surface area contributed by atoms with Gasteiger partial charge < -0.3 is 9.84 Å². The summed E-state index contributed by atoms with van der Waals surface area (Å²) in [5.74, 6) is 1.50. The second-order valence-electron chi connectivity index (χ2n) is 4.21. The lowest BCUT2D eigenvalue weighted by molar-refractivity contribution is 0.169. The van der Waals surface area contributed by atoms with E-state index in [9.17, 15) is 5.11 Å². The van der Waals surface area contributed by atoms with Crippen molar-refractivity contribution in [1.29, 1.82) is 0 Å². The fourth-order valence-electron chi connectivity index (χ4n) is 1.66. The first-order valence-electron chi connectivity index (χ1n) is 6.08. The number of rotatable bonds is 4. The van der Waals surface area contributed by atoms with Crippen LogP contribution < -0.4 is 4.74 Å². The number of aromatic nitrogens is 1. The van der Waals surface area contributed by atoms with Crippen LogP contribution in [-0.4, -0.2) is 10.1 Å². The van der Waals surface area contributed by atoms with Gasteiger partial charge in [0.1, 0.15) is 11.5 Å². The summed E-state index contributed by atoms with van der Waals surface area (Å²) in [5.41, 5.74) is 1.75. The van der Waals surface area contributed by atoms with Gasteiger partial charge in [0, 0.05) is 0 Å². The Balaban J connectivity index is 2.14. The lowest BCUT2D eigenvalue weighted by Crippen LogP contribution is -1.98. The SMILES string of the molecule is CC[C@@H](O)c1ccc(Oc2ccccc2C)cn1. The van der Waals surface area contributed by atoms with Gasteiger partial charge in [-0.2, -0.15) is 0 Å². The molecule has 0 amide bonds. The van der Waals surface area contributed by atoms with E-state index in [4.69, 9.17) is 4.74 Å². The predicted octanol–water partition coefficient (Wildman–Crippen LogP) is 3.63. The van der Waals surface area contributed by atoms with Crippen molar-refractivity contribution in [2.45, 2.75) is 26.4 Å². The number of para-hydroxylation sites is 1. The molecule has 0 fully saturated rings. The molecule has 0 aliphatic heterocycles. The molecule has 3 nitrogen and oxygen atoms in total. The molecule has 1 atom stereocenters. The standard InChI is InChI=1S/C15H17NO2/c1-3-14(17)13-9-8-12(10-16-13)18-15-7-5-4-6-11(15)2/h4-10,14,17H,3H2,1-2H3/t14-/m1/s1. The molecule has 0 radical (unpaired) electrons. The highest BCUT2D eigenvalue weighted by atomic mass is 16.5. The lowest BCUT2D eigenvalue weighted by Gasteiger charge is -2.10. The van der Waals surface area contributed by atoms with E-state index in [2.05, 4.69) is 4.98 Å². The maximum Gasteiger partial charge on any atom is 0.145 e. The second kappa shape index (κ2) is 5.65. The average Bonchev–Trinajstić information content (AvgIpc) is 2.41. The van der Waals surface area contributed by atoms with Crippen molar-refractivity contribution in [3.63, 3.8) is 0 Å². The molecule has 0 saturated heterocycles. The third kappa shape index (κ3) is 2.87. The summed E-state index contributed by atoms with van der Waals surface area (Å²) in [6.07, 6.45) is 1.79. The van der Waals surface area contributed by atoms with Gasteiger partial charge in [-0.3, -0.25) is 4.98 Å². The largest absolute Gasteiger partial charge is 0.455 e. The van der Waals surface area contributed by atoms with E-state index >= 15 is 0 Å². The Bertz CT molecular complexity index is 508. The summed E-state index contributed by atoms with van der Waals surface area (Å²) in [4.78, 5) is 4.20. The van der Waals surface area contributed by atoms with Crippen molar-refractivity contribution in [2.24, 2.45) is 0 Å². The first-order chi connectivity index (χ1) is 8.70. The summed E-state index contributed by atoms with van der Waals surface area (Å²) in [5, 5.41) is 9.65. The minimum atomic E-state index is -0.502. The number of hydrogen-bond acceptors (Lipinski definition) is 3. The molecule has 0 aliphatic rings. The van der Waals surface area contributed by atoms with Crippen molar-refractivity contribution >= 4 is 0 Å². The van der Waals surface area contributed by atoms with Crippen LogP contribution in [0, 0.1) is 6.92 Å². The molecule has 0 spiro atoms. The highest BCUT2D eigenvalue weighted by molar-refractivity contribution is 5.36. The van der Waals surface area contributed by atoms with E-state index in [-0.39, 0.29) is 0 Å².